The van der Waals surface area contributed by atoms with Gasteiger partial charge in [-0.25, -0.2) is 4.98 Å². The lowest BCUT2D eigenvalue weighted by atomic mass is 10.1. The number of hydrogen-bond donors (Lipinski definition) is 1. The van der Waals surface area contributed by atoms with Crippen LogP contribution in [-0.2, 0) is 0 Å². The van der Waals surface area contributed by atoms with Crippen LogP contribution in [0.25, 0.3) is 22.6 Å². The number of aromatic nitrogens is 5. The lowest BCUT2D eigenvalue weighted by Gasteiger charge is -2.35. The van der Waals surface area contributed by atoms with Crippen LogP contribution in [0.1, 0.15) is 35.1 Å². The molecule has 11 nitrogen and oxygen atoms in total. The van der Waals surface area contributed by atoms with Gasteiger partial charge in [0.1, 0.15) is 11.5 Å². The van der Waals surface area contributed by atoms with Crippen LogP contribution in [0.5, 0.6) is 11.5 Å². The van der Waals surface area contributed by atoms with Gasteiger partial charge in [0, 0.05) is 49.4 Å². The van der Waals surface area contributed by atoms with Crippen LogP contribution in [0.3, 0.4) is 0 Å². The number of H-pyrrole nitrogens is 1. The second kappa shape index (κ2) is 8.36. The molecular formula is C25H23N7O4. The molecule has 0 spiro atoms. The normalized spacial score (nSPS) is 17.0. The van der Waals surface area contributed by atoms with Gasteiger partial charge in [0.05, 0.1) is 5.69 Å². The zero-order valence-electron chi connectivity index (χ0n) is 19.4. The summed E-state index contributed by atoms with van der Waals surface area (Å²) >= 11 is 0. The van der Waals surface area contributed by atoms with Crippen molar-refractivity contribution in [3.05, 3.63) is 54.2 Å². The van der Waals surface area contributed by atoms with Gasteiger partial charge < -0.3 is 23.8 Å². The Balaban J connectivity index is 0.981. The number of carbonyl (C=O) groups is 1. The summed E-state index contributed by atoms with van der Waals surface area (Å²) in [5.41, 5.74) is 2.84. The van der Waals surface area contributed by atoms with Gasteiger partial charge in [-0.3, -0.25) is 9.89 Å². The summed E-state index contributed by atoms with van der Waals surface area (Å²) in [5, 5.41) is 11.3. The maximum Gasteiger partial charge on any atom is 0.272 e. The molecule has 2 aliphatic heterocycles. The lowest BCUT2D eigenvalue weighted by Crippen LogP contribution is -2.49. The Morgan fingerprint density at radius 3 is 2.61 bits per heavy atom. The van der Waals surface area contributed by atoms with E-state index >= 15 is 0 Å². The molecule has 0 unspecified atom stereocenters. The van der Waals surface area contributed by atoms with Gasteiger partial charge in [-0.05, 0) is 49.2 Å². The number of ether oxygens (including phenoxy) is 2. The van der Waals surface area contributed by atoms with E-state index in [0.717, 1.165) is 35.7 Å². The van der Waals surface area contributed by atoms with E-state index in [1.54, 1.807) is 12.3 Å². The number of carbonyl (C=O) groups excluding carboxylic acids is 1. The summed E-state index contributed by atoms with van der Waals surface area (Å²) in [4.78, 5) is 26.2. The van der Waals surface area contributed by atoms with E-state index in [0.29, 0.717) is 60.8 Å². The van der Waals surface area contributed by atoms with Crippen molar-refractivity contribution in [1.29, 1.82) is 0 Å². The highest BCUT2D eigenvalue weighted by Gasteiger charge is 2.30. The molecule has 11 heteroatoms. The molecule has 0 atom stereocenters. The monoisotopic (exact) mass is 485 g/mol. The molecule has 5 heterocycles. The molecule has 0 radical (unpaired) electrons. The van der Waals surface area contributed by atoms with Gasteiger partial charge in [0.15, 0.2) is 11.5 Å². The Hall–Kier alpha value is -4.41. The van der Waals surface area contributed by atoms with Crippen LogP contribution in [-0.4, -0.2) is 69.1 Å². The number of aromatic amines is 1. The highest BCUT2D eigenvalue weighted by atomic mass is 16.7. The zero-order valence-corrected chi connectivity index (χ0v) is 19.4. The number of fused-ring (bicyclic) bond motifs is 1. The molecule has 4 aromatic rings. The molecule has 3 aromatic heterocycles. The predicted molar refractivity (Wildman–Crippen MR) is 128 cm³/mol. The second-order valence-corrected chi connectivity index (χ2v) is 9.15. The number of nitrogens with one attached hydrogen (secondary N) is 1. The molecule has 7 rings (SSSR count). The fourth-order valence-electron chi connectivity index (χ4n) is 4.50. The third-order valence-corrected chi connectivity index (χ3v) is 6.74. The van der Waals surface area contributed by atoms with Crippen molar-refractivity contribution in [2.75, 3.05) is 37.9 Å². The molecule has 1 amide bonds. The van der Waals surface area contributed by atoms with E-state index in [1.165, 1.54) is 0 Å². The fraction of sp³-hybridized carbons (Fsp3) is 0.320. The quantitative estimate of drug-likeness (QED) is 0.454. The summed E-state index contributed by atoms with van der Waals surface area (Å²) < 4.78 is 16.2. The molecular weight excluding hydrogens is 462 g/mol. The molecule has 1 aromatic carbocycles. The topological polar surface area (TPSA) is 122 Å². The predicted octanol–water partition coefficient (Wildman–Crippen LogP) is 3.09. The Labute approximate surface area is 206 Å². The van der Waals surface area contributed by atoms with E-state index < -0.39 is 0 Å². The number of nitrogens with zero attached hydrogens (tertiary/aromatic N) is 6. The highest BCUT2D eigenvalue weighted by molar-refractivity contribution is 5.93. The first-order chi connectivity index (χ1) is 17.7. The van der Waals surface area contributed by atoms with Gasteiger partial charge >= 0.3 is 0 Å². The minimum absolute atomic E-state index is 0.0685. The van der Waals surface area contributed by atoms with Crippen molar-refractivity contribution in [1.82, 2.24) is 30.2 Å². The average molecular weight is 486 g/mol. The van der Waals surface area contributed by atoms with Crippen LogP contribution in [0.4, 0.5) is 5.82 Å². The number of anilines is 1. The second-order valence-electron chi connectivity index (χ2n) is 9.15. The Kier molecular flexibility index (Phi) is 4.86. The number of rotatable bonds is 5. The Morgan fingerprint density at radius 2 is 1.81 bits per heavy atom. The van der Waals surface area contributed by atoms with Crippen LogP contribution >= 0.6 is 0 Å². The first-order valence-electron chi connectivity index (χ1n) is 12.0. The van der Waals surface area contributed by atoms with Gasteiger partial charge in [-0.2, -0.15) is 10.1 Å². The molecule has 1 N–H and O–H groups in total. The van der Waals surface area contributed by atoms with Crippen molar-refractivity contribution in [3.63, 3.8) is 0 Å². The summed E-state index contributed by atoms with van der Waals surface area (Å²) in [6, 6.07) is 11.3. The maximum atomic E-state index is 13.1. The minimum Gasteiger partial charge on any atom is -0.454 e. The van der Waals surface area contributed by atoms with E-state index in [1.807, 2.05) is 35.2 Å². The smallest absolute Gasteiger partial charge is 0.272 e. The van der Waals surface area contributed by atoms with Crippen LogP contribution in [0.2, 0.25) is 0 Å². The zero-order chi connectivity index (χ0) is 24.1. The molecule has 182 valence electrons. The van der Waals surface area contributed by atoms with Crippen LogP contribution in [0, 0.1) is 0 Å². The van der Waals surface area contributed by atoms with Crippen molar-refractivity contribution in [2.24, 2.45) is 0 Å². The number of pyridine rings is 1. The standard InChI is InChI=1S/C25H23N7O4/c33-25(19-12-18(28-29-19)16-3-5-20-21(11-16)35-14-34-20)32-9-7-31(8-10-32)22-6-4-17(13-26-22)23-27-24(36-30-23)15-1-2-15/h3-6,11-13,15H,1-2,7-10,14H2,(H,28,29). The van der Waals surface area contributed by atoms with Gasteiger partial charge in [0.25, 0.3) is 5.91 Å². The fourth-order valence-corrected chi connectivity index (χ4v) is 4.50. The number of benzene rings is 1. The Morgan fingerprint density at radius 1 is 0.972 bits per heavy atom. The van der Waals surface area contributed by atoms with E-state index in [2.05, 4.69) is 30.2 Å². The third kappa shape index (κ3) is 3.82. The van der Waals surface area contributed by atoms with Crippen molar-refractivity contribution < 1.29 is 18.8 Å². The summed E-state index contributed by atoms with van der Waals surface area (Å²) in [5.74, 6) is 3.91. The number of amides is 1. The van der Waals surface area contributed by atoms with E-state index in [9.17, 15) is 4.79 Å². The average Bonchev–Trinajstić information content (AvgIpc) is 3.30. The Bertz CT molecular complexity index is 1420. The summed E-state index contributed by atoms with van der Waals surface area (Å²) in [7, 11) is 0. The lowest BCUT2D eigenvalue weighted by molar-refractivity contribution is 0.0740. The summed E-state index contributed by atoms with van der Waals surface area (Å²) in [6.07, 6.45) is 4.01. The van der Waals surface area contributed by atoms with Gasteiger partial charge in [0.2, 0.25) is 18.5 Å². The molecule has 1 saturated heterocycles. The van der Waals surface area contributed by atoms with Crippen LogP contribution < -0.4 is 14.4 Å². The van der Waals surface area contributed by atoms with Crippen LogP contribution in [0.15, 0.2) is 47.1 Å². The number of piperazine rings is 1. The molecule has 1 saturated carbocycles. The molecule has 2 fully saturated rings. The van der Waals surface area contributed by atoms with Gasteiger partial charge in [-0.1, -0.05) is 5.16 Å². The molecule has 3 aliphatic rings. The molecule has 0 bridgehead atoms. The minimum atomic E-state index is -0.0685. The summed E-state index contributed by atoms with van der Waals surface area (Å²) in [6.45, 7) is 2.78. The molecule has 1 aliphatic carbocycles. The van der Waals surface area contributed by atoms with E-state index in [-0.39, 0.29) is 12.7 Å². The van der Waals surface area contributed by atoms with Crippen molar-refractivity contribution in [2.45, 2.75) is 18.8 Å². The number of hydrogen-bond acceptors (Lipinski definition) is 9. The first kappa shape index (κ1) is 20.9. The largest absolute Gasteiger partial charge is 0.454 e. The molecule has 36 heavy (non-hydrogen) atoms. The van der Waals surface area contributed by atoms with Crippen molar-refractivity contribution >= 4 is 11.7 Å². The van der Waals surface area contributed by atoms with Gasteiger partial charge in [-0.15, -0.1) is 0 Å². The highest BCUT2D eigenvalue weighted by Crippen LogP contribution is 2.39. The third-order valence-electron chi connectivity index (χ3n) is 6.74. The maximum absolute atomic E-state index is 13.1. The first-order valence-corrected chi connectivity index (χ1v) is 12.0. The SMILES string of the molecule is O=C(c1cc(-c2ccc3c(c2)OCO3)n[nH]1)N1CCN(c2ccc(-c3noc(C4CC4)n3)cn2)CC1. The van der Waals surface area contributed by atoms with E-state index in [4.69, 9.17) is 14.0 Å². The van der Waals surface area contributed by atoms with Crippen molar-refractivity contribution in [3.8, 4) is 34.1 Å².